The number of aliphatic hydroxyl groups excluding tert-OH is 1. The first kappa shape index (κ1) is 20.0. The van der Waals surface area contributed by atoms with Crippen molar-refractivity contribution >= 4 is 0 Å². The van der Waals surface area contributed by atoms with Gasteiger partial charge < -0.3 is 9.63 Å². The summed E-state index contributed by atoms with van der Waals surface area (Å²) in [4.78, 5) is 0. The third-order valence-corrected chi connectivity index (χ3v) is 5.75. The van der Waals surface area contributed by atoms with Crippen LogP contribution < -0.4 is 0 Å². The number of aliphatic hydroxyl groups is 1. The Morgan fingerprint density at radius 2 is 1.16 bits per heavy atom. The Kier molecular flexibility index (Phi) is 5.40. The van der Waals surface area contributed by atoms with Crippen LogP contribution in [0, 0.1) is 6.92 Å². The van der Waals surface area contributed by atoms with E-state index in [1.165, 1.54) is 0 Å². The third kappa shape index (κ3) is 3.86. The maximum Gasteiger partial charge on any atom is 0.173 e. The van der Waals surface area contributed by atoms with E-state index in [1.54, 1.807) is 0 Å². The molecule has 0 amide bonds. The molecule has 1 N–H and O–H groups in total. The van der Waals surface area contributed by atoms with Gasteiger partial charge in [-0.3, -0.25) is 0 Å². The van der Waals surface area contributed by atoms with E-state index in [9.17, 15) is 5.11 Å². The summed E-state index contributed by atoms with van der Waals surface area (Å²) in [7, 11) is 0. The second-order valence-electron chi connectivity index (χ2n) is 7.85. The van der Waals surface area contributed by atoms with Crippen LogP contribution >= 0.6 is 0 Å². The van der Waals surface area contributed by atoms with E-state index in [1.807, 2.05) is 73.7 Å². The van der Waals surface area contributed by atoms with Crippen LogP contribution in [0.2, 0.25) is 0 Å². The summed E-state index contributed by atoms with van der Waals surface area (Å²) in [5, 5.41) is 15.5. The molecular formula is C29H23NO2. The first-order chi connectivity index (χ1) is 15.7. The molecule has 1 unspecified atom stereocenters. The van der Waals surface area contributed by atoms with Crippen molar-refractivity contribution in [3.63, 3.8) is 0 Å². The molecule has 3 nitrogen and oxygen atoms in total. The lowest BCUT2D eigenvalue weighted by Gasteiger charge is -2.14. The second-order valence-corrected chi connectivity index (χ2v) is 7.85. The Balaban J connectivity index is 1.49. The maximum atomic E-state index is 11.3. The molecule has 5 rings (SSSR count). The molecule has 0 fully saturated rings. The van der Waals surface area contributed by atoms with Crippen molar-refractivity contribution in [1.82, 2.24) is 5.16 Å². The van der Waals surface area contributed by atoms with E-state index < -0.39 is 6.10 Å². The van der Waals surface area contributed by atoms with Crippen LogP contribution in [-0.2, 0) is 0 Å². The fourth-order valence-corrected chi connectivity index (χ4v) is 4.04. The van der Waals surface area contributed by atoms with Crippen LogP contribution in [-0.4, -0.2) is 10.3 Å². The van der Waals surface area contributed by atoms with Gasteiger partial charge in [-0.05, 0) is 40.8 Å². The number of hydrogen-bond donors (Lipinski definition) is 1. The Bertz CT molecular complexity index is 1320. The average molecular weight is 418 g/mol. The summed E-state index contributed by atoms with van der Waals surface area (Å²) < 4.78 is 5.67. The van der Waals surface area contributed by atoms with Gasteiger partial charge in [-0.2, -0.15) is 0 Å². The van der Waals surface area contributed by atoms with E-state index >= 15 is 0 Å². The van der Waals surface area contributed by atoms with Crippen LogP contribution in [0.15, 0.2) is 114 Å². The molecule has 5 aromatic rings. The lowest BCUT2D eigenvalue weighted by Crippen LogP contribution is -2.02. The third-order valence-electron chi connectivity index (χ3n) is 5.75. The van der Waals surface area contributed by atoms with Gasteiger partial charge >= 0.3 is 0 Å². The summed E-state index contributed by atoms with van der Waals surface area (Å²) in [5.74, 6) is 0.597. The summed E-state index contributed by atoms with van der Waals surface area (Å²) >= 11 is 0. The highest BCUT2D eigenvalue weighted by atomic mass is 16.5. The molecule has 0 aliphatic heterocycles. The van der Waals surface area contributed by atoms with Crippen LogP contribution in [0.4, 0.5) is 0 Å². The fraction of sp³-hybridized carbons (Fsp3) is 0.0690. The van der Waals surface area contributed by atoms with E-state index in [4.69, 9.17) is 4.52 Å². The van der Waals surface area contributed by atoms with Gasteiger partial charge in [0.2, 0.25) is 0 Å². The summed E-state index contributed by atoms with van der Waals surface area (Å²) in [6, 6.07) is 36.5. The highest BCUT2D eigenvalue weighted by Gasteiger charge is 2.23. The number of aromatic nitrogens is 1. The fourth-order valence-electron chi connectivity index (χ4n) is 4.04. The van der Waals surface area contributed by atoms with E-state index in [0.29, 0.717) is 17.0 Å². The molecule has 32 heavy (non-hydrogen) atoms. The molecule has 0 saturated heterocycles. The molecule has 1 heterocycles. The predicted octanol–water partition coefficient (Wildman–Crippen LogP) is 7.07. The topological polar surface area (TPSA) is 46.3 Å². The van der Waals surface area contributed by atoms with Gasteiger partial charge in [0, 0.05) is 5.56 Å². The molecule has 0 aliphatic rings. The van der Waals surface area contributed by atoms with Crippen molar-refractivity contribution in [2.75, 3.05) is 0 Å². The normalized spacial score (nSPS) is 11.9. The first-order valence-corrected chi connectivity index (χ1v) is 10.7. The van der Waals surface area contributed by atoms with Gasteiger partial charge in [-0.15, -0.1) is 0 Å². The number of rotatable bonds is 5. The van der Waals surface area contributed by atoms with Gasteiger partial charge in [0.1, 0.15) is 6.10 Å². The quantitative estimate of drug-likeness (QED) is 0.333. The van der Waals surface area contributed by atoms with Crippen LogP contribution in [0.1, 0.15) is 22.9 Å². The van der Waals surface area contributed by atoms with Crippen LogP contribution in [0.25, 0.3) is 33.6 Å². The van der Waals surface area contributed by atoms with Gasteiger partial charge in [-0.1, -0.05) is 108 Å². The van der Waals surface area contributed by atoms with Gasteiger partial charge in [0.25, 0.3) is 0 Å². The number of hydrogen-bond acceptors (Lipinski definition) is 3. The van der Waals surface area contributed by atoms with E-state index in [-0.39, 0.29) is 0 Å². The second kappa shape index (κ2) is 8.66. The SMILES string of the molecule is Cc1noc(-c2ccc(-c3ccccc3)cc2)c1C(O)c1cccc(-c2ccccc2)c1. The molecule has 0 spiro atoms. The predicted molar refractivity (Wildman–Crippen MR) is 128 cm³/mol. The summed E-state index contributed by atoms with van der Waals surface area (Å²) in [6.45, 7) is 1.87. The maximum absolute atomic E-state index is 11.3. The lowest BCUT2D eigenvalue weighted by atomic mass is 9.94. The highest BCUT2D eigenvalue weighted by Crippen LogP contribution is 2.36. The number of benzene rings is 4. The largest absolute Gasteiger partial charge is 0.383 e. The summed E-state index contributed by atoms with van der Waals surface area (Å²) in [5.41, 5.74) is 7.53. The number of aryl methyl sites for hydroxylation is 1. The standard InChI is InChI=1S/C29H23NO2/c1-20-27(28(31)26-14-8-13-25(19-26)22-11-6-3-7-12-22)29(32-30-20)24-17-15-23(16-18-24)21-9-4-2-5-10-21/h2-19,28,31H,1H3. The number of nitrogens with zero attached hydrogens (tertiary/aromatic N) is 1. The lowest BCUT2D eigenvalue weighted by molar-refractivity contribution is 0.219. The molecular weight excluding hydrogens is 394 g/mol. The van der Waals surface area contributed by atoms with Crippen molar-refractivity contribution in [3.8, 4) is 33.6 Å². The zero-order valence-electron chi connectivity index (χ0n) is 17.8. The smallest absolute Gasteiger partial charge is 0.173 e. The molecule has 1 atom stereocenters. The Hall–Kier alpha value is -3.95. The average Bonchev–Trinajstić information content (AvgIpc) is 3.26. The van der Waals surface area contributed by atoms with Crippen LogP contribution in [0.5, 0.6) is 0 Å². The van der Waals surface area contributed by atoms with Crippen molar-refractivity contribution < 1.29 is 9.63 Å². The van der Waals surface area contributed by atoms with Crippen molar-refractivity contribution in [3.05, 3.63) is 126 Å². The van der Waals surface area contributed by atoms with Crippen LogP contribution in [0.3, 0.4) is 0 Å². The van der Waals surface area contributed by atoms with Crippen molar-refractivity contribution in [1.29, 1.82) is 0 Å². The molecule has 0 aliphatic carbocycles. The van der Waals surface area contributed by atoms with E-state index in [2.05, 4.69) is 47.6 Å². The molecule has 3 heteroatoms. The zero-order chi connectivity index (χ0) is 21.9. The minimum Gasteiger partial charge on any atom is -0.383 e. The Labute approximate surface area is 187 Å². The Morgan fingerprint density at radius 1 is 0.625 bits per heavy atom. The van der Waals surface area contributed by atoms with E-state index in [0.717, 1.165) is 33.4 Å². The van der Waals surface area contributed by atoms with Gasteiger partial charge in [-0.25, -0.2) is 0 Å². The minimum atomic E-state index is -0.839. The molecule has 0 radical (unpaired) electrons. The molecule has 1 aromatic heterocycles. The zero-order valence-corrected chi connectivity index (χ0v) is 17.8. The Morgan fingerprint density at radius 3 is 1.81 bits per heavy atom. The minimum absolute atomic E-state index is 0.597. The highest BCUT2D eigenvalue weighted by molar-refractivity contribution is 5.71. The monoisotopic (exact) mass is 417 g/mol. The molecule has 0 bridgehead atoms. The summed E-state index contributed by atoms with van der Waals surface area (Å²) in [6.07, 6.45) is -0.839. The van der Waals surface area contributed by atoms with Crippen molar-refractivity contribution in [2.24, 2.45) is 0 Å². The van der Waals surface area contributed by atoms with Gasteiger partial charge in [0.15, 0.2) is 5.76 Å². The molecule has 4 aromatic carbocycles. The van der Waals surface area contributed by atoms with Gasteiger partial charge in [0.05, 0.1) is 11.3 Å². The molecule has 156 valence electrons. The molecule has 0 saturated carbocycles. The van der Waals surface area contributed by atoms with Crippen molar-refractivity contribution in [2.45, 2.75) is 13.0 Å². The first-order valence-electron chi connectivity index (χ1n) is 10.7.